The number of nitro groups is 1. The SMILES string of the molecule is COC(=O)C1=C(C)NC(=S)N[C@@H]1c1ccc(-c2cccc([N+](=O)[O-])c2)o1. The number of hydrogen-bond donors (Lipinski definition) is 2. The van der Waals surface area contributed by atoms with E-state index in [0.717, 1.165) is 0 Å². The average Bonchev–Trinajstić information content (AvgIpc) is 3.10. The van der Waals surface area contributed by atoms with E-state index >= 15 is 0 Å². The van der Waals surface area contributed by atoms with Crippen molar-refractivity contribution in [2.45, 2.75) is 13.0 Å². The molecule has 1 aromatic carbocycles. The Morgan fingerprint density at radius 1 is 1.35 bits per heavy atom. The van der Waals surface area contributed by atoms with Crippen LogP contribution in [-0.4, -0.2) is 23.1 Å². The highest BCUT2D eigenvalue weighted by molar-refractivity contribution is 7.80. The van der Waals surface area contributed by atoms with Gasteiger partial charge in [0.15, 0.2) is 5.11 Å². The molecule has 2 aromatic rings. The highest BCUT2D eigenvalue weighted by Crippen LogP contribution is 2.32. The second-order valence-corrected chi connectivity index (χ2v) is 5.98. The summed E-state index contributed by atoms with van der Waals surface area (Å²) < 4.78 is 10.7. The number of methoxy groups -OCH3 is 1. The van der Waals surface area contributed by atoms with Crippen molar-refractivity contribution in [1.82, 2.24) is 10.6 Å². The number of rotatable bonds is 4. The van der Waals surface area contributed by atoms with Gasteiger partial charge in [-0.3, -0.25) is 10.1 Å². The van der Waals surface area contributed by atoms with E-state index in [2.05, 4.69) is 10.6 Å². The monoisotopic (exact) mass is 373 g/mol. The van der Waals surface area contributed by atoms with Crippen molar-refractivity contribution in [3.05, 3.63) is 63.5 Å². The molecule has 2 N–H and O–H groups in total. The molecule has 3 rings (SSSR count). The molecule has 9 heteroatoms. The first-order valence-electron chi connectivity index (χ1n) is 7.62. The summed E-state index contributed by atoms with van der Waals surface area (Å²) in [6.45, 7) is 1.72. The lowest BCUT2D eigenvalue weighted by Crippen LogP contribution is -2.44. The first kappa shape index (κ1) is 17.6. The van der Waals surface area contributed by atoms with E-state index in [9.17, 15) is 14.9 Å². The maximum atomic E-state index is 12.1. The number of thiocarbonyl (C=S) groups is 1. The zero-order chi connectivity index (χ0) is 18.8. The van der Waals surface area contributed by atoms with Crippen molar-refractivity contribution in [3.8, 4) is 11.3 Å². The summed E-state index contributed by atoms with van der Waals surface area (Å²) in [5.74, 6) is 0.371. The van der Waals surface area contributed by atoms with E-state index in [1.165, 1.54) is 19.2 Å². The molecule has 1 aliphatic heterocycles. The molecule has 1 atom stereocenters. The van der Waals surface area contributed by atoms with Gasteiger partial charge in [-0.2, -0.15) is 0 Å². The zero-order valence-electron chi connectivity index (χ0n) is 13.9. The Bertz CT molecular complexity index is 934. The molecule has 0 radical (unpaired) electrons. The van der Waals surface area contributed by atoms with Crippen LogP contribution < -0.4 is 10.6 Å². The molecule has 8 nitrogen and oxygen atoms in total. The van der Waals surface area contributed by atoms with Crippen molar-refractivity contribution < 1.29 is 18.9 Å². The van der Waals surface area contributed by atoms with Crippen LogP contribution in [0, 0.1) is 10.1 Å². The van der Waals surface area contributed by atoms with E-state index < -0.39 is 16.9 Å². The molecular formula is C17H15N3O5S. The quantitative estimate of drug-likeness (QED) is 0.365. The molecule has 0 bridgehead atoms. The van der Waals surface area contributed by atoms with Crippen LogP contribution in [0.15, 0.2) is 52.1 Å². The summed E-state index contributed by atoms with van der Waals surface area (Å²) in [7, 11) is 1.29. The molecule has 134 valence electrons. The van der Waals surface area contributed by atoms with E-state index in [1.54, 1.807) is 31.2 Å². The first-order chi connectivity index (χ1) is 12.4. The largest absolute Gasteiger partial charge is 0.466 e. The first-order valence-corrected chi connectivity index (χ1v) is 8.02. The lowest BCUT2D eigenvalue weighted by atomic mass is 10.0. The molecular weight excluding hydrogens is 358 g/mol. The third kappa shape index (κ3) is 3.29. The number of nitrogens with one attached hydrogen (secondary N) is 2. The molecule has 0 unspecified atom stereocenters. The van der Waals surface area contributed by atoms with Gasteiger partial charge in [0, 0.05) is 23.4 Å². The number of carbonyl (C=O) groups excluding carboxylic acids is 1. The van der Waals surface area contributed by atoms with Gasteiger partial charge in [0.1, 0.15) is 17.6 Å². The van der Waals surface area contributed by atoms with Gasteiger partial charge in [-0.25, -0.2) is 4.79 Å². The van der Waals surface area contributed by atoms with Crippen LogP contribution in [0.25, 0.3) is 11.3 Å². The Labute approximate surface area is 154 Å². The number of nitrogens with zero attached hydrogens (tertiary/aromatic N) is 1. The predicted octanol–water partition coefficient (Wildman–Crippen LogP) is 2.82. The zero-order valence-corrected chi connectivity index (χ0v) is 14.8. The van der Waals surface area contributed by atoms with Crippen LogP contribution in [0.2, 0.25) is 0 Å². The third-order valence-corrected chi connectivity index (χ3v) is 4.15. The van der Waals surface area contributed by atoms with Crippen molar-refractivity contribution >= 4 is 29.0 Å². The fourth-order valence-corrected chi connectivity index (χ4v) is 2.99. The van der Waals surface area contributed by atoms with Crippen LogP contribution in [0.3, 0.4) is 0 Å². The summed E-state index contributed by atoms with van der Waals surface area (Å²) in [6.07, 6.45) is 0. The van der Waals surface area contributed by atoms with Gasteiger partial charge in [-0.1, -0.05) is 12.1 Å². The fourth-order valence-electron chi connectivity index (χ4n) is 2.72. The number of nitro benzene ring substituents is 1. The molecule has 0 aliphatic carbocycles. The van der Waals surface area contributed by atoms with E-state index in [4.69, 9.17) is 21.4 Å². The predicted molar refractivity (Wildman–Crippen MR) is 97.1 cm³/mol. The highest BCUT2D eigenvalue weighted by Gasteiger charge is 2.32. The van der Waals surface area contributed by atoms with Gasteiger partial charge >= 0.3 is 5.97 Å². The summed E-state index contributed by atoms with van der Waals surface area (Å²) in [4.78, 5) is 22.6. The summed E-state index contributed by atoms with van der Waals surface area (Å²) in [5.41, 5.74) is 1.44. The molecule has 26 heavy (non-hydrogen) atoms. The summed E-state index contributed by atoms with van der Waals surface area (Å²) >= 11 is 5.16. The van der Waals surface area contributed by atoms with E-state index in [0.29, 0.717) is 33.5 Å². The maximum absolute atomic E-state index is 12.1. The number of hydrogen-bond acceptors (Lipinski definition) is 6. The molecule has 0 saturated heterocycles. The second-order valence-electron chi connectivity index (χ2n) is 5.57. The van der Waals surface area contributed by atoms with Crippen LogP contribution in [0.1, 0.15) is 18.7 Å². The van der Waals surface area contributed by atoms with Gasteiger partial charge < -0.3 is 19.8 Å². The smallest absolute Gasteiger partial charge is 0.338 e. The van der Waals surface area contributed by atoms with Crippen LogP contribution in [0.5, 0.6) is 0 Å². The lowest BCUT2D eigenvalue weighted by Gasteiger charge is -2.27. The van der Waals surface area contributed by atoms with Crippen LogP contribution in [0.4, 0.5) is 5.69 Å². The fraction of sp³-hybridized carbons (Fsp3) is 0.176. The number of furan rings is 1. The van der Waals surface area contributed by atoms with Gasteiger partial charge in [0.05, 0.1) is 17.6 Å². The molecule has 1 aliphatic rings. The van der Waals surface area contributed by atoms with Crippen LogP contribution in [-0.2, 0) is 9.53 Å². The molecule has 1 aromatic heterocycles. The average molecular weight is 373 g/mol. The Morgan fingerprint density at radius 3 is 2.81 bits per heavy atom. The number of esters is 1. The van der Waals surface area contributed by atoms with Crippen molar-refractivity contribution in [2.75, 3.05) is 7.11 Å². The molecule has 0 spiro atoms. The summed E-state index contributed by atoms with van der Waals surface area (Å²) in [6, 6.07) is 8.87. The third-order valence-electron chi connectivity index (χ3n) is 3.93. The molecule has 0 amide bonds. The Morgan fingerprint density at radius 2 is 2.12 bits per heavy atom. The Kier molecular flexibility index (Phi) is 4.72. The van der Waals surface area contributed by atoms with Crippen molar-refractivity contribution in [2.24, 2.45) is 0 Å². The van der Waals surface area contributed by atoms with Gasteiger partial charge in [-0.15, -0.1) is 0 Å². The van der Waals surface area contributed by atoms with Gasteiger partial charge in [0.25, 0.3) is 5.69 Å². The summed E-state index contributed by atoms with van der Waals surface area (Å²) in [5, 5.41) is 17.2. The van der Waals surface area contributed by atoms with Crippen molar-refractivity contribution in [1.29, 1.82) is 0 Å². The Hall–Kier alpha value is -3.20. The normalized spacial score (nSPS) is 16.7. The van der Waals surface area contributed by atoms with Crippen molar-refractivity contribution in [3.63, 3.8) is 0 Å². The number of allylic oxidation sites excluding steroid dienone is 1. The Balaban J connectivity index is 1.99. The number of benzene rings is 1. The topological polar surface area (TPSA) is 107 Å². The minimum atomic E-state index is -0.622. The van der Waals surface area contributed by atoms with Gasteiger partial charge in [-0.05, 0) is 31.3 Å². The number of ether oxygens (including phenoxy) is 1. The second kappa shape index (κ2) is 6.96. The van der Waals surface area contributed by atoms with E-state index in [1.807, 2.05) is 0 Å². The van der Waals surface area contributed by atoms with Crippen LogP contribution >= 0.6 is 12.2 Å². The minimum absolute atomic E-state index is 0.0346. The van der Waals surface area contributed by atoms with Gasteiger partial charge in [0.2, 0.25) is 0 Å². The molecule has 0 saturated carbocycles. The number of non-ortho nitro benzene ring substituents is 1. The molecule has 2 heterocycles. The lowest BCUT2D eigenvalue weighted by molar-refractivity contribution is -0.384. The standard InChI is InChI=1S/C17H15N3O5S/c1-9-14(16(21)24-2)15(19-17(26)18-9)13-7-6-12(25-13)10-4-3-5-11(8-10)20(22)23/h3-8,15H,1-2H3,(H2,18,19,26)/t15-/m1/s1. The maximum Gasteiger partial charge on any atom is 0.338 e. The molecule has 0 fully saturated rings. The highest BCUT2D eigenvalue weighted by atomic mass is 32.1. The van der Waals surface area contributed by atoms with E-state index in [-0.39, 0.29) is 5.69 Å². The number of carbonyl (C=O) groups is 1. The minimum Gasteiger partial charge on any atom is -0.466 e.